The Bertz CT molecular complexity index is 576. The van der Waals surface area contributed by atoms with Gasteiger partial charge in [-0.05, 0) is 33.2 Å². The van der Waals surface area contributed by atoms with E-state index in [9.17, 15) is 0 Å². The molecule has 0 aliphatic carbocycles. The average molecular weight is 275 g/mol. The number of fused-ring (bicyclic) bond motifs is 1. The third-order valence-electron chi connectivity index (χ3n) is 4.16. The zero-order valence-corrected chi connectivity index (χ0v) is 12.3. The predicted octanol–water partition coefficient (Wildman–Crippen LogP) is 1.83. The molecular weight excluding hydrogens is 254 g/mol. The molecule has 6 nitrogen and oxygen atoms in total. The molecule has 0 radical (unpaired) electrons. The smallest absolute Gasteiger partial charge is 0.243 e. The standard InChI is InChI=1S/C14H21N5O/c1-10(14-16-11(2)17-20-14)18(3)9-12-4-6-19-7-5-15-13(19)8-12/h5,7,10,12H,4,6,8-9H2,1-3H3. The van der Waals surface area contributed by atoms with Crippen molar-refractivity contribution in [2.45, 2.75) is 39.3 Å². The van der Waals surface area contributed by atoms with Gasteiger partial charge in [0.2, 0.25) is 5.89 Å². The molecule has 0 spiro atoms. The second-order valence-electron chi connectivity index (χ2n) is 5.69. The Morgan fingerprint density at radius 2 is 2.40 bits per heavy atom. The summed E-state index contributed by atoms with van der Waals surface area (Å²) in [4.78, 5) is 11.0. The van der Waals surface area contributed by atoms with Gasteiger partial charge in [0.1, 0.15) is 5.82 Å². The minimum atomic E-state index is 0.151. The molecule has 2 unspecified atom stereocenters. The topological polar surface area (TPSA) is 60.0 Å². The number of imidazole rings is 1. The Labute approximate surface area is 118 Å². The van der Waals surface area contributed by atoms with E-state index in [2.05, 4.69) is 44.8 Å². The zero-order chi connectivity index (χ0) is 14.1. The summed E-state index contributed by atoms with van der Waals surface area (Å²) in [6.07, 6.45) is 6.21. The second kappa shape index (κ2) is 5.36. The van der Waals surface area contributed by atoms with Gasteiger partial charge in [-0.2, -0.15) is 4.98 Å². The van der Waals surface area contributed by atoms with Gasteiger partial charge in [-0.25, -0.2) is 4.98 Å². The summed E-state index contributed by atoms with van der Waals surface area (Å²) in [5, 5.41) is 3.86. The Morgan fingerprint density at radius 1 is 1.55 bits per heavy atom. The molecule has 0 bridgehead atoms. The summed E-state index contributed by atoms with van der Waals surface area (Å²) in [7, 11) is 2.12. The summed E-state index contributed by atoms with van der Waals surface area (Å²) in [6.45, 7) is 6.05. The maximum absolute atomic E-state index is 5.26. The van der Waals surface area contributed by atoms with Gasteiger partial charge in [-0.1, -0.05) is 5.16 Å². The van der Waals surface area contributed by atoms with E-state index in [1.807, 2.05) is 13.1 Å². The number of hydrogen-bond acceptors (Lipinski definition) is 5. The summed E-state index contributed by atoms with van der Waals surface area (Å²) < 4.78 is 7.51. The van der Waals surface area contributed by atoms with Gasteiger partial charge in [0.15, 0.2) is 5.82 Å². The lowest BCUT2D eigenvalue weighted by Gasteiger charge is -2.29. The Kier molecular flexibility index (Phi) is 3.56. The van der Waals surface area contributed by atoms with E-state index in [0.29, 0.717) is 17.6 Å². The molecule has 108 valence electrons. The van der Waals surface area contributed by atoms with Crippen LogP contribution < -0.4 is 0 Å². The number of rotatable bonds is 4. The van der Waals surface area contributed by atoms with Gasteiger partial charge >= 0.3 is 0 Å². The largest absolute Gasteiger partial charge is 0.338 e. The molecular formula is C14H21N5O. The van der Waals surface area contributed by atoms with Crippen LogP contribution in [0.1, 0.15) is 36.9 Å². The van der Waals surface area contributed by atoms with Crippen molar-refractivity contribution in [3.63, 3.8) is 0 Å². The highest BCUT2D eigenvalue weighted by Crippen LogP contribution is 2.23. The van der Waals surface area contributed by atoms with Crippen molar-refractivity contribution in [2.75, 3.05) is 13.6 Å². The van der Waals surface area contributed by atoms with Crippen molar-refractivity contribution < 1.29 is 4.52 Å². The highest BCUT2D eigenvalue weighted by atomic mass is 16.5. The summed E-state index contributed by atoms with van der Waals surface area (Å²) in [6, 6.07) is 0.151. The Morgan fingerprint density at radius 3 is 3.15 bits per heavy atom. The molecule has 1 aliphatic heterocycles. The molecule has 0 aromatic carbocycles. The van der Waals surface area contributed by atoms with E-state index in [-0.39, 0.29) is 6.04 Å². The van der Waals surface area contributed by atoms with Crippen molar-refractivity contribution in [3.05, 3.63) is 29.9 Å². The molecule has 0 N–H and O–H groups in total. The van der Waals surface area contributed by atoms with Crippen LogP contribution >= 0.6 is 0 Å². The van der Waals surface area contributed by atoms with E-state index in [1.165, 1.54) is 12.2 Å². The lowest BCUT2D eigenvalue weighted by Crippen LogP contribution is -2.32. The summed E-state index contributed by atoms with van der Waals surface area (Å²) in [5.74, 6) is 3.24. The van der Waals surface area contributed by atoms with Crippen LogP contribution in [0.4, 0.5) is 0 Å². The number of nitrogens with zero attached hydrogens (tertiary/aromatic N) is 5. The van der Waals surface area contributed by atoms with E-state index < -0.39 is 0 Å². The third-order valence-corrected chi connectivity index (χ3v) is 4.16. The van der Waals surface area contributed by atoms with Crippen LogP contribution in [0, 0.1) is 12.8 Å². The fourth-order valence-electron chi connectivity index (χ4n) is 2.81. The summed E-state index contributed by atoms with van der Waals surface area (Å²) in [5.41, 5.74) is 0. The van der Waals surface area contributed by atoms with Crippen LogP contribution in [0.2, 0.25) is 0 Å². The molecule has 0 saturated heterocycles. The fourth-order valence-corrected chi connectivity index (χ4v) is 2.81. The molecule has 2 aromatic heterocycles. The van der Waals surface area contributed by atoms with Crippen LogP contribution in [-0.2, 0) is 13.0 Å². The summed E-state index contributed by atoms with van der Waals surface area (Å²) >= 11 is 0. The molecule has 3 heterocycles. The third kappa shape index (κ3) is 2.60. The molecule has 0 fully saturated rings. The molecule has 2 aromatic rings. The first kappa shape index (κ1) is 13.3. The average Bonchev–Trinajstić information content (AvgIpc) is 3.05. The van der Waals surface area contributed by atoms with E-state index >= 15 is 0 Å². The molecule has 20 heavy (non-hydrogen) atoms. The van der Waals surface area contributed by atoms with Gasteiger partial charge in [0.05, 0.1) is 6.04 Å². The van der Waals surface area contributed by atoms with Gasteiger partial charge in [-0.15, -0.1) is 0 Å². The SMILES string of the molecule is Cc1noc(C(C)N(C)CC2CCn3ccnc3C2)n1. The van der Waals surface area contributed by atoms with E-state index in [0.717, 1.165) is 19.5 Å². The van der Waals surface area contributed by atoms with Crippen LogP contribution in [0.5, 0.6) is 0 Å². The van der Waals surface area contributed by atoms with Crippen molar-refractivity contribution >= 4 is 0 Å². The fraction of sp³-hybridized carbons (Fsp3) is 0.643. The van der Waals surface area contributed by atoms with E-state index in [4.69, 9.17) is 4.52 Å². The number of aromatic nitrogens is 4. The van der Waals surface area contributed by atoms with Crippen LogP contribution in [0.3, 0.4) is 0 Å². The quantitative estimate of drug-likeness (QED) is 0.852. The lowest BCUT2D eigenvalue weighted by molar-refractivity contribution is 0.169. The molecule has 6 heteroatoms. The van der Waals surface area contributed by atoms with Crippen molar-refractivity contribution in [3.8, 4) is 0 Å². The number of hydrogen-bond donors (Lipinski definition) is 0. The number of aryl methyl sites for hydroxylation is 2. The molecule has 1 aliphatic rings. The molecule has 0 amide bonds. The second-order valence-corrected chi connectivity index (χ2v) is 5.69. The lowest BCUT2D eigenvalue weighted by atomic mass is 9.97. The normalized spacial score (nSPS) is 20.1. The van der Waals surface area contributed by atoms with Crippen molar-refractivity contribution in [1.29, 1.82) is 0 Å². The maximum Gasteiger partial charge on any atom is 0.243 e. The zero-order valence-electron chi connectivity index (χ0n) is 12.3. The first-order valence-corrected chi connectivity index (χ1v) is 7.14. The predicted molar refractivity (Wildman–Crippen MR) is 74.1 cm³/mol. The van der Waals surface area contributed by atoms with Crippen molar-refractivity contribution in [2.24, 2.45) is 5.92 Å². The molecule has 3 rings (SSSR count). The Hall–Kier alpha value is -1.69. The first-order chi connectivity index (χ1) is 9.63. The minimum absolute atomic E-state index is 0.151. The van der Waals surface area contributed by atoms with Gasteiger partial charge in [0.25, 0.3) is 0 Å². The molecule has 2 atom stereocenters. The van der Waals surface area contributed by atoms with Gasteiger partial charge in [0, 0.05) is 31.9 Å². The monoisotopic (exact) mass is 275 g/mol. The highest BCUT2D eigenvalue weighted by molar-refractivity contribution is 4.98. The van der Waals surface area contributed by atoms with Crippen LogP contribution in [-0.4, -0.2) is 38.2 Å². The van der Waals surface area contributed by atoms with Crippen LogP contribution in [0.15, 0.2) is 16.9 Å². The van der Waals surface area contributed by atoms with Gasteiger partial charge < -0.3 is 9.09 Å². The van der Waals surface area contributed by atoms with E-state index in [1.54, 1.807) is 0 Å². The first-order valence-electron chi connectivity index (χ1n) is 7.14. The van der Waals surface area contributed by atoms with Crippen LogP contribution in [0.25, 0.3) is 0 Å². The molecule has 0 saturated carbocycles. The van der Waals surface area contributed by atoms with Gasteiger partial charge in [-0.3, -0.25) is 4.90 Å². The van der Waals surface area contributed by atoms with Crippen molar-refractivity contribution in [1.82, 2.24) is 24.6 Å². The highest BCUT2D eigenvalue weighted by Gasteiger charge is 2.24. The Balaban J connectivity index is 1.61. The minimum Gasteiger partial charge on any atom is -0.338 e. The maximum atomic E-state index is 5.26.